The Morgan fingerprint density at radius 3 is 2.97 bits per heavy atom. The summed E-state index contributed by atoms with van der Waals surface area (Å²) in [5, 5.41) is 16.9. The molecule has 0 bridgehead atoms. The molecular weight excluding hydrogens is 372 g/mol. The summed E-state index contributed by atoms with van der Waals surface area (Å²) in [6.45, 7) is 2.05. The van der Waals surface area contributed by atoms with Crippen LogP contribution < -0.4 is 15.2 Å². The number of ether oxygens (including phenoxy) is 2. The Hall–Kier alpha value is -3.99. The van der Waals surface area contributed by atoms with Gasteiger partial charge in [-0.2, -0.15) is 5.26 Å². The number of fused-ring (bicyclic) bond motifs is 1. The second-order valence-electron chi connectivity index (χ2n) is 6.54. The van der Waals surface area contributed by atoms with Crippen LogP contribution in [0, 0.1) is 11.3 Å². The number of carbonyl (C=O) groups is 1. The van der Waals surface area contributed by atoms with E-state index in [0.29, 0.717) is 11.6 Å². The quantitative estimate of drug-likeness (QED) is 0.505. The highest BCUT2D eigenvalue weighted by molar-refractivity contribution is 5.88. The van der Waals surface area contributed by atoms with Crippen molar-refractivity contribution in [2.45, 2.75) is 25.7 Å². The van der Waals surface area contributed by atoms with Crippen molar-refractivity contribution in [3.63, 3.8) is 0 Å². The van der Waals surface area contributed by atoms with Gasteiger partial charge in [-0.05, 0) is 36.2 Å². The highest BCUT2D eigenvalue weighted by atomic mass is 16.5. The largest absolute Gasteiger partial charge is 0.457 e. The lowest BCUT2D eigenvalue weighted by Crippen LogP contribution is -2.21. The van der Waals surface area contributed by atoms with Crippen LogP contribution in [0.4, 0.5) is 0 Å². The molecule has 0 spiro atoms. The number of nitriles is 1. The van der Waals surface area contributed by atoms with E-state index in [1.165, 1.54) is 12.3 Å². The number of esters is 1. The SMILES string of the molecule is CCCc1[nH]nc2c1[C@H](c1cccc(OC(=O)c3ccco3)c1)C(C#N)=C(N)O2. The first-order valence-corrected chi connectivity index (χ1v) is 9.12. The molecule has 2 aromatic heterocycles. The second kappa shape index (κ2) is 7.56. The molecule has 3 aromatic rings. The van der Waals surface area contributed by atoms with Crippen LogP contribution in [0.3, 0.4) is 0 Å². The topological polar surface area (TPSA) is 127 Å². The van der Waals surface area contributed by atoms with E-state index >= 15 is 0 Å². The normalized spacial score (nSPS) is 15.4. The van der Waals surface area contributed by atoms with Gasteiger partial charge in [0.2, 0.25) is 17.5 Å². The monoisotopic (exact) mass is 390 g/mol. The Labute approximate surface area is 166 Å². The number of hydrogen-bond donors (Lipinski definition) is 2. The fourth-order valence-corrected chi connectivity index (χ4v) is 3.39. The van der Waals surface area contributed by atoms with E-state index in [9.17, 15) is 10.1 Å². The average Bonchev–Trinajstić information content (AvgIpc) is 3.38. The number of benzene rings is 1. The van der Waals surface area contributed by atoms with E-state index in [2.05, 4.69) is 23.2 Å². The predicted molar refractivity (Wildman–Crippen MR) is 102 cm³/mol. The molecule has 3 heterocycles. The van der Waals surface area contributed by atoms with Gasteiger partial charge in [-0.15, -0.1) is 5.10 Å². The number of hydrogen-bond acceptors (Lipinski definition) is 7. The van der Waals surface area contributed by atoms with Gasteiger partial charge in [-0.25, -0.2) is 4.79 Å². The third-order valence-electron chi connectivity index (χ3n) is 4.64. The zero-order valence-corrected chi connectivity index (χ0v) is 15.6. The number of nitrogens with two attached hydrogens (primary N) is 1. The van der Waals surface area contributed by atoms with Gasteiger partial charge in [-0.3, -0.25) is 5.10 Å². The minimum Gasteiger partial charge on any atom is -0.457 e. The molecule has 0 saturated carbocycles. The van der Waals surface area contributed by atoms with E-state index < -0.39 is 11.9 Å². The van der Waals surface area contributed by atoms with Gasteiger partial charge in [-0.1, -0.05) is 25.5 Å². The molecule has 0 amide bonds. The molecule has 4 rings (SSSR count). The first-order chi connectivity index (χ1) is 14.1. The van der Waals surface area contributed by atoms with Gasteiger partial charge in [0, 0.05) is 11.3 Å². The standard InChI is InChI=1S/C21H18N4O4/c1-2-5-15-18-17(14(11-22)19(23)29-20(18)25-24-15)12-6-3-7-13(10-12)28-21(26)16-8-4-9-27-16/h3-4,6-10,17H,2,5,23H2,1H3,(H,24,25)/t17-/m1/s1. The summed E-state index contributed by atoms with van der Waals surface area (Å²) in [5.41, 5.74) is 8.65. The summed E-state index contributed by atoms with van der Waals surface area (Å²) in [5.74, 6) is -0.291. The summed E-state index contributed by atoms with van der Waals surface area (Å²) >= 11 is 0. The van der Waals surface area contributed by atoms with E-state index in [4.69, 9.17) is 19.6 Å². The molecule has 0 saturated heterocycles. The minimum atomic E-state index is -0.606. The maximum atomic E-state index is 12.2. The van der Waals surface area contributed by atoms with Gasteiger partial charge >= 0.3 is 5.97 Å². The van der Waals surface area contributed by atoms with Crippen molar-refractivity contribution >= 4 is 5.97 Å². The smallest absolute Gasteiger partial charge is 0.379 e. The van der Waals surface area contributed by atoms with E-state index in [0.717, 1.165) is 29.7 Å². The third kappa shape index (κ3) is 3.34. The lowest BCUT2D eigenvalue weighted by atomic mass is 9.83. The van der Waals surface area contributed by atoms with Gasteiger partial charge in [0.1, 0.15) is 17.4 Å². The molecule has 8 heteroatoms. The maximum absolute atomic E-state index is 12.2. The predicted octanol–water partition coefficient (Wildman–Crippen LogP) is 3.39. The number of carbonyl (C=O) groups excluding carboxylic acids is 1. The number of rotatable bonds is 5. The molecule has 146 valence electrons. The number of aromatic nitrogens is 2. The van der Waals surface area contributed by atoms with Crippen LogP contribution in [-0.4, -0.2) is 16.2 Å². The van der Waals surface area contributed by atoms with Crippen molar-refractivity contribution in [3.8, 4) is 17.7 Å². The Bertz CT molecular complexity index is 1120. The van der Waals surface area contributed by atoms with Crippen LogP contribution in [-0.2, 0) is 6.42 Å². The first-order valence-electron chi connectivity index (χ1n) is 9.12. The van der Waals surface area contributed by atoms with Gasteiger partial charge in [0.15, 0.2) is 0 Å². The number of allylic oxidation sites excluding steroid dienone is 1. The molecule has 1 aromatic carbocycles. The molecule has 0 aliphatic carbocycles. The summed E-state index contributed by atoms with van der Waals surface area (Å²) in [6, 6.07) is 12.2. The molecule has 8 nitrogen and oxygen atoms in total. The number of nitrogens with one attached hydrogen (secondary N) is 1. The zero-order chi connectivity index (χ0) is 20.4. The van der Waals surface area contributed by atoms with Crippen molar-refractivity contribution < 1.29 is 18.7 Å². The van der Waals surface area contributed by atoms with E-state index in [1.54, 1.807) is 24.3 Å². The molecule has 0 unspecified atom stereocenters. The molecular formula is C21H18N4O4. The summed E-state index contributed by atoms with van der Waals surface area (Å²) in [6.07, 6.45) is 3.04. The van der Waals surface area contributed by atoms with Crippen LogP contribution in [0.15, 0.2) is 58.5 Å². The van der Waals surface area contributed by atoms with Crippen molar-refractivity contribution in [2.75, 3.05) is 0 Å². The highest BCUT2D eigenvalue weighted by Crippen LogP contribution is 2.43. The molecule has 3 N–H and O–H groups in total. The number of nitrogens with zero attached hydrogens (tertiary/aromatic N) is 2. The van der Waals surface area contributed by atoms with Gasteiger partial charge in [0.25, 0.3) is 0 Å². The number of aromatic amines is 1. The molecule has 0 fully saturated rings. The van der Waals surface area contributed by atoms with Gasteiger partial charge < -0.3 is 19.6 Å². The lowest BCUT2D eigenvalue weighted by molar-refractivity contribution is 0.0701. The van der Waals surface area contributed by atoms with Crippen LogP contribution in [0.2, 0.25) is 0 Å². The number of H-pyrrole nitrogens is 1. The molecule has 1 aliphatic heterocycles. The van der Waals surface area contributed by atoms with E-state index in [-0.39, 0.29) is 17.2 Å². The van der Waals surface area contributed by atoms with Crippen LogP contribution in [0.5, 0.6) is 11.6 Å². The maximum Gasteiger partial charge on any atom is 0.379 e. The number of aryl methyl sites for hydroxylation is 1. The average molecular weight is 390 g/mol. The Kier molecular flexibility index (Phi) is 4.79. The molecule has 1 atom stereocenters. The fraction of sp³-hybridized carbons (Fsp3) is 0.190. The fourth-order valence-electron chi connectivity index (χ4n) is 3.39. The molecule has 0 radical (unpaired) electrons. The van der Waals surface area contributed by atoms with Crippen LogP contribution in [0.25, 0.3) is 0 Å². The number of furan rings is 1. The van der Waals surface area contributed by atoms with Crippen molar-refractivity contribution in [1.29, 1.82) is 5.26 Å². The highest BCUT2D eigenvalue weighted by Gasteiger charge is 2.35. The van der Waals surface area contributed by atoms with Crippen LogP contribution >= 0.6 is 0 Å². The van der Waals surface area contributed by atoms with E-state index in [1.807, 2.05) is 6.07 Å². The van der Waals surface area contributed by atoms with Crippen molar-refractivity contribution in [1.82, 2.24) is 10.2 Å². The van der Waals surface area contributed by atoms with Crippen molar-refractivity contribution in [3.05, 3.63) is 76.7 Å². The second-order valence-corrected chi connectivity index (χ2v) is 6.54. The molecule has 1 aliphatic rings. The Morgan fingerprint density at radius 1 is 1.38 bits per heavy atom. The Balaban J connectivity index is 1.74. The molecule has 29 heavy (non-hydrogen) atoms. The van der Waals surface area contributed by atoms with Crippen LogP contribution in [0.1, 0.15) is 46.6 Å². The summed E-state index contributed by atoms with van der Waals surface area (Å²) in [7, 11) is 0. The summed E-state index contributed by atoms with van der Waals surface area (Å²) in [4.78, 5) is 12.2. The Morgan fingerprint density at radius 2 is 2.24 bits per heavy atom. The summed E-state index contributed by atoms with van der Waals surface area (Å²) < 4.78 is 16.0. The van der Waals surface area contributed by atoms with Crippen molar-refractivity contribution in [2.24, 2.45) is 5.73 Å². The lowest BCUT2D eigenvalue weighted by Gasteiger charge is -2.24. The third-order valence-corrected chi connectivity index (χ3v) is 4.64. The minimum absolute atomic E-state index is 0.0116. The first kappa shape index (κ1) is 18.4. The zero-order valence-electron chi connectivity index (χ0n) is 15.6. The van der Waals surface area contributed by atoms with Gasteiger partial charge in [0.05, 0.1) is 12.2 Å².